The number of fused-ring (bicyclic) bond motifs is 1. The second kappa shape index (κ2) is 3.84. The Balaban J connectivity index is 2.25. The van der Waals surface area contributed by atoms with Crippen molar-refractivity contribution in [2.75, 3.05) is 0 Å². The minimum absolute atomic E-state index is 0.150. The molecule has 1 N–H and O–H groups in total. The summed E-state index contributed by atoms with van der Waals surface area (Å²) in [6.07, 6.45) is 0. The van der Waals surface area contributed by atoms with Crippen molar-refractivity contribution in [2.24, 2.45) is 0 Å². The zero-order chi connectivity index (χ0) is 12.9. The zero-order valence-corrected chi connectivity index (χ0v) is 10.5. The molecule has 0 atom stereocenters. The van der Waals surface area contributed by atoms with Crippen molar-refractivity contribution < 1.29 is 8.78 Å². The molecule has 0 unspecified atom stereocenters. The number of nitrogens with zero attached hydrogens (tertiary/aromatic N) is 2. The van der Waals surface area contributed by atoms with Crippen LogP contribution >= 0.6 is 11.3 Å². The highest BCUT2D eigenvalue weighted by molar-refractivity contribution is 7.15. The van der Waals surface area contributed by atoms with Crippen LogP contribution in [0.2, 0.25) is 0 Å². The molecule has 18 heavy (non-hydrogen) atoms. The highest BCUT2D eigenvalue weighted by Gasteiger charge is 2.14. The summed E-state index contributed by atoms with van der Waals surface area (Å²) in [4.78, 5) is 12.2. The molecule has 3 aromatic rings. The third-order valence-electron chi connectivity index (χ3n) is 2.62. The lowest BCUT2D eigenvalue weighted by Crippen LogP contribution is -1.81. The van der Waals surface area contributed by atoms with Gasteiger partial charge >= 0.3 is 0 Å². The lowest BCUT2D eigenvalue weighted by atomic mass is 10.3. The van der Waals surface area contributed by atoms with Crippen molar-refractivity contribution in [2.45, 2.75) is 13.8 Å². The van der Waals surface area contributed by atoms with Gasteiger partial charge < -0.3 is 4.98 Å². The maximum atomic E-state index is 13.5. The molecule has 2 aromatic heterocycles. The molecule has 0 aliphatic carbocycles. The second-order valence-corrected chi connectivity index (χ2v) is 5.22. The molecule has 3 rings (SSSR count). The van der Waals surface area contributed by atoms with Crippen LogP contribution in [0.25, 0.3) is 21.7 Å². The molecule has 1 aromatic carbocycles. The molecule has 0 amide bonds. The van der Waals surface area contributed by atoms with Gasteiger partial charge in [-0.15, -0.1) is 11.3 Å². The normalized spacial score (nSPS) is 11.3. The van der Waals surface area contributed by atoms with Crippen molar-refractivity contribution in [3.05, 3.63) is 34.5 Å². The molecule has 0 saturated heterocycles. The summed E-state index contributed by atoms with van der Waals surface area (Å²) in [5.74, 6) is -0.753. The monoisotopic (exact) mass is 265 g/mol. The topological polar surface area (TPSA) is 41.6 Å². The summed E-state index contributed by atoms with van der Waals surface area (Å²) >= 11 is 1.47. The molecular weight excluding hydrogens is 256 g/mol. The lowest BCUT2D eigenvalue weighted by Gasteiger charge is -1.90. The SMILES string of the molecule is Cc1nc(C)c(-c2nc3c(F)cc(F)cc3[nH]2)s1. The fourth-order valence-electron chi connectivity index (χ4n) is 1.90. The molecule has 0 bridgehead atoms. The number of aromatic amines is 1. The average Bonchev–Trinajstić information content (AvgIpc) is 2.81. The summed E-state index contributed by atoms with van der Waals surface area (Å²) in [6, 6.07) is 2.07. The van der Waals surface area contributed by atoms with Crippen molar-refractivity contribution in [1.82, 2.24) is 15.0 Å². The number of aryl methyl sites for hydroxylation is 2. The predicted octanol–water partition coefficient (Wildman–Crippen LogP) is 3.58. The first-order valence-electron chi connectivity index (χ1n) is 5.34. The quantitative estimate of drug-likeness (QED) is 0.730. The number of nitrogens with one attached hydrogen (secondary N) is 1. The van der Waals surface area contributed by atoms with Gasteiger partial charge in [-0.25, -0.2) is 18.7 Å². The van der Waals surface area contributed by atoms with Crippen LogP contribution in [0.4, 0.5) is 8.78 Å². The van der Waals surface area contributed by atoms with Gasteiger partial charge in [0, 0.05) is 6.07 Å². The standard InChI is InChI=1S/C12H9F2N3S/c1-5-11(18-6(2)15-5)12-16-9-4-7(13)3-8(14)10(9)17-12/h3-4H,1-2H3,(H,16,17). The average molecular weight is 265 g/mol. The largest absolute Gasteiger partial charge is 0.337 e. The van der Waals surface area contributed by atoms with Crippen LogP contribution in [-0.4, -0.2) is 15.0 Å². The fraction of sp³-hybridized carbons (Fsp3) is 0.167. The van der Waals surface area contributed by atoms with Gasteiger partial charge in [-0.2, -0.15) is 0 Å². The Labute approximate surface area is 106 Å². The predicted molar refractivity (Wildman–Crippen MR) is 66.6 cm³/mol. The molecule has 0 fully saturated rings. The van der Waals surface area contributed by atoms with Crippen molar-refractivity contribution in [3.8, 4) is 10.7 Å². The van der Waals surface area contributed by atoms with Crippen LogP contribution in [0.1, 0.15) is 10.7 Å². The smallest absolute Gasteiger partial charge is 0.153 e. The Kier molecular flexibility index (Phi) is 2.41. The zero-order valence-electron chi connectivity index (χ0n) is 9.71. The Hall–Kier alpha value is -1.82. The summed E-state index contributed by atoms with van der Waals surface area (Å²) in [6.45, 7) is 3.76. The van der Waals surface area contributed by atoms with E-state index in [1.165, 1.54) is 17.4 Å². The highest BCUT2D eigenvalue weighted by atomic mass is 32.1. The number of rotatable bonds is 1. The van der Waals surface area contributed by atoms with Crippen LogP contribution in [0.3, 0.4) is 0 Å². The molecule has 0 radical (unpaired) electrons. The number of halogens is 2. The minimum Gasteiger partial charge on any atom is -0.337 e. The summed E-state index contributed by atoms with van der Waals surface area (Å²) in [5, 5.41) is 0.912. The third-order valence-corrected chi connectivity index (χ3v) is 3.70. The van der Waals surface area contributed by atoms with Gasteiger partial charge in [0.1, 0.15) is 11.3 Å². The Morgan fingerprint density at radius 1 is 1.17 bits per heavy atom. The number of hydrogen-bond acceptors (Lipinski definition) is 3. The molecular formula is C12H9F2N3S. The lowest BCUT2D eigenvalue weighted by molar-refractivity contribution is 0.591. The summed E-state index contributed by atoms with van der Waals surface area (Å²) < 4.78 is 26.6. The number of thiazole rings is 1. The number of H-pyrrole nitrogens is 1. The molecule has 92 valence electrons. The summed E-state index contributed by atoms with van der Waals surface area (Å²) in [5.41, 5.74) is 1.34. The molecule has 2 heterocycles. The van der Waals surface area contributed by atoms with E-state index in [4.69, 9.17) is 0 Å². The number of aromatic nitrogens is 3. The van der Waals surface area contributed by atoms with Crippen molar-refractivity contribution in [1.29, 1.82) is 0 Å². The van der Waals surface area contributed by atoms with E-state index in [-0.39, 0.29) is 5.52 Å². The van der Waals surface area contributed by atoms with Crippen LogP contribution < -0.4 is 0 Å². The number of benzene rings is 1. The Morgan fingerprint density at radius 2 is 1.94 bits per heavy atom. The van der Waals surface area contributed by atoms with E-state index in [1.807, 2.05) is 13.8 Å². The second-order valence-electron chi connectivity index (χ2n) is 4.02. The molecule has 6 heteroatoms. The van der Waals surface area contributed by atoms with E-state index in [9.17, 15) is 8.78 Å². The van der Waals surface area contributed by atoms with Gasteiger partial charge in [0.25, 0.3) is 0 Å². The molecule has 0 spiro atoms. The van der Waals surface area contributed by atoms with Crippen LogP contribution in [0.5, 0.6) is 0 Å². The first-order valence-corrected chi connectivity index (χ1v) is 6.15. The highest BCUT2D eigenvalue weighted by Crippen LogP contribution is 2.29. The van der Waals surface area contributed by atoms with Gasteiger partial charge in [-0.3, -0.25) is 0 Å². The Bertz CT molecular complexity index is 745. The molecule has 0 saturated carbocycles. The van der Waals surface area contributed by atoms with Gasteiger partial charge in [-0.05, 0) is 19.9 Å². The maximum absolute atomic E-state index is 13.5. The minimum atomic E-state index is -0.661. The van der Waals surface area contributed by atoms with Crippen molar-refractivity contribution >= 4 is 22.4 Å². The first-order chi connectivity index (χ1) is 8.54. The van der Waals surface area contributed by atoms with Gasteiger partial charge in [0.05, 0.1) is 21.1 Å². The third kappa shape index (κ3) is 1.69. The van der Waals surface area contributed by atoms with E-state index >= 15 is 0 Å². The van der Waals surface area contributed by atoms with Gasteiger partial charge in [-0.1, -0.05) is 0 Å². The van der Waals surface area contributed by atoms with Gasteiger partial charge in [0.2, 0.25) is 0 Å². The van der Waals surface area contributed by atoms with E-state index in [0.717, 1.165) is 21.6 Å². The van der Waals surface area contributed by atoms with E-state index < -0.39 is 11.6 Å². The van der Waals surface area contributed by atoms with E-state index in [2.05, 4.69) is 15.0 Å². The van der Waals surface area contributed by atoms with Crippen LogP contribution in [0.15, 0.2) is 12.1 Å². The molecule has 0 aliphatic rings. The van der Waals surface area contributed by atoms with Gasteiger partial charge in [0.15, 0.2) is 11.6 Å². The fourth-order valence-corrected chi connectivity index (χ4v) is 2.77. The van der Waals surface area contributed by atoms with E-state index in [0.29, 0.717) is 11.3 Å². The first kappa shape index (κ1) is 11.3. The van der Waals surface area contributed by atoms with Crippen molar-refractivity contribution in [3.63, 3.8) is 0 Å². The van der Waals surface area contributed by atoms with Crippen LogP contribution in [-0.2, 0) is 0 Å². The Morgan fingerprint density at radius 3 is 2.61 bits per heavy atom. The van der Waals surface area contributed by atoms with Crippen LogP contribution in [0, 0.1) is 25.5 Å². The maximum Gasteiger partial charge on any atom is 0.153 e. The molecule has 0 aliphatic heterocycles. The van der Waals surface area contributed by atoms with E-state index in [1.54, 1.807) is 0 Å². The number of hydrogen-bond donors (Lipinski definition) is 1. The molecule has 3 nitrogen and oxygen atoms in total. The number of imidazole rings is 1. The summed E-state index contributed by atoms with van der Waals surface area (Å²) in [7, 11) is 0.